The van der Waals surface area contributed by atoms with Crippen LogP contribution in [0.15, 0.2) is 96.7 Å². The van der Waals surface area contributed by atoms with Crippen LogP contribution in [0, 0.1) is 0 Å². The van der Waals surface area contributed by atoms with Crippen molar-refractivity contribution in [3.05, 3.63) is 113 Å². The van der Waals surface area contributed by atoms with Gasteiger partial charge < -0.3 is 24.4 Å². The lowest BCUT2D eigenvalue weighted by Crippen LogP contribution is -2.33. The van der Waals surface area contributed by atoms with Gasteiger partial charge in [-0.25, -0.2) is 4.79 Å². The molecule has 43 heavy (non-hydrogen) atoms. The Morgan fingerprint density at radius 2 is 1.67 bits per heavy atom. The number of nitrogens with one attached hydrogen (secondary N) is 1. The first-order valence-corrected chi connectivity index (χ1v) is 15.2. The van der Waals surface area contributed by atoms with Crippen molar-refractivity contribution in [2.45, 2.75) is 25.8 Å². The molecule has 222 valence electrons. The summed E-state index contributed by atoms with van der Waals surface area (Å²) in [5, 5.41) is 4.50. The normalized spacial score (nSPS) is 14.1. The van der Waals surface area contributed by atoms with Crippen molar-refractivity contribution in [1.82, 2.24) is 5.32 Å². The lowest BCUT2D eigenvalue weighted by Gasteiger charge is -2.32. The number of para-hydroxylation sites is 1. The number of Topliss-reactive ketones (excluding diaryl/α,β-unsaturated/α-hetero) is 1. The number of hydrogen-bond acceptors (Lipinski definition) is 8. The average molecular weight is 597 g/mol. The molecule has 0 fully saturated rings. The van der Waals surface area contributed by atoms with E-state index in [-0.39, 0.29) is 24.3 Å². The highest BCUT2D eigenvalue weighted by Gasteiger charge is 2.34. The molecule has 8 heteroatoms. The maximum atomic E-state index is 13.4. The number of carbonyl (C=O) groups is 2. The molecule has 0 saturated carbocycles. The highest BCUT2D eigenvalue weighted by Crippen LogP contribution is 2.47. The summed E-state index contributed by atoms with van der Waals surface area (Å²) in [5.74, 6) is 1.06. The number of nitrogens with zero attached hydrogens (tertiary/aromatic N) is 1. The van der Waals surface area contributed by atoms with E-state index < -0.39 is 0 Å². The molecule has 3 aromatic carbocycles. The van der Waals surface area contributed by atoms with Crippen LogP contribution in [0.2, 0.25) is 0 Å². The van der Waals surface area contributed by atoms with E-state index in [1.807, 2.05) is 92.0 Å². The van der Waals surface area contributed by atoms with Gasteiger partial charge in [0.15, 0.2) is 5.78 Å². The van der Waals surface area contributed by atoms with Gasteiger partial charge in [-0.3, -0.25) is 4.79 Å². The number of thiophene rings is 1. The van der Waals surface area contributed by atoms with Crippen molar-refractivity contribution >= 4 is 28.1 Å². The third-order valence-electron chi connectivity index (χ3n) is 7.44. The Morgan fingerprint density at radius 1 is 0.930 bits per heavy atom. The zero-order chi connectivity index (χ0) is 30.2. The zero-order valence-corrected chi connectivity index (χ0v) is 25.5. The van der Waals surface area contributed by atoms with E-state index in [9.17, 15) is 9.59 Å². The number of esters is 1. The standard InChI is InChI=1S/C35H36N2O5S/c1-4-42-35(39)30-23-37(22-26-12-8-9-13-32(26)41-3)34-28(20-33(43-34)25-14-16-27(40-2)17-15-25)29(30)21-36-19-18-31(38)24-10-6-5-7-11-24/h5-17,20,23,29,36H,4,18-19,21-22H2,1-3H3. The minimum Gasteiger partial charge on any atom is -0.497 e. The van der Waals surface area contributed by atoms with Crippen molar-refractivity contribution in [3.63, 3.8) is 0 Å². The first-order chi connectivity index (χ1) is 21.0. The zero-order valence-electron chi connectivity index (χ0n) is 24.7. The monoisotopic (exact) mass is 596 g/mol. The van der Waals surface area contributed by atoms with Crippen molar-refractivity contribution in [3.8, 4) is 21.9 Å². The van der Waals surface area contributed by atoms with Gasteiger partial charge in [0.25, 0.3) is 0 Å². The van der Waals surface area contributed by atoms with Crippen molar-refractivity contribution in [2.75, 3.05) is 38.8 Å². The van der Waals surface area contributed by atoms with Gasteiger partial charge in [0.1, 0.15) is 11.5 Å². The van der Waals surface area contributed by atoms with E-state index in [2.05, 4.69) is 16.3 Å². The minimum absolute atomic E-state index is 0.0823. The van der Waals surface area contributed by atoms with Crippen molar-refractivity contribution in [2.24, 2.45) is 0 Å². The molecule has 4 aromatic rings. The number of hydrogen-bond donors (Lipinski definition) is 1. The molecule has 1 aromatic heterocycles. The summed E-state index contributed by atoms with van der Waals surface area (Å²) in [4.78, 5) is 29.3. The van der Waals surface area contributed by atoms with Gasteiger partial charge >= 0.3 is 5.97 Å². The minimum atomic E-state index is -0.345. The van der Waals surface area contributed by atoms with E-state index in [1.54, 1.807) is 25.6 Å². The number of fused-ring (bicyclic) bond motifs is 1. The largest absolute Gasteiger partial charge is 0.497 e. The predicted octanol–water partition coefficient (Wildman–Crippen LogP) is 6.85. The summed E-state index contributed by atoms with van der Waals surface area (Å²) < 4.78 is 16.5. The fraction of sp³-hybridized carbons (Fsp3) is 0.257. The SMILES string of the molecule is CCOC(=O)C1=CN(Cc2ccccc2OC)c2sc(-c3ccc(OC)cc3)cc2C1CNCCC(=O)c1ccccc1. The third kappa shape index (κ3) is 6.98. The lowest BCUT2D eigenvalue weighted by atomic mass is 9.89. The summed E-state index contributed by atoms with van der Waals surface area (Å²) in [7, 11) is 3.32. The van der Waals surface area contributed by atoms with Crippen LogP contribution in [0.1, 0.15) is 40.7 Å². The highest BCUT2D eigenvalue weighted by atomic mass is 32.1. The van der Waals surface area contributed by atoms with Crippen LogP contribution in [0.25, 0.3) is 10.4 Å². The molecular formula is C35H36N2O5S. The van der Waals surface area contributed by atoms with Gasteiger partial charge in [-0.2, -0.15) is 0 Å². The summed E-state index contributed by atoms with van der Waals surface area (Å²) in [6.07, 6.45) is 2.28. The molecule has 0 bridgehead atoms. The van der Waals surface area contributed by atoms with Gasteiger partial charge in [0, 0.05) is 47.6 Å². The van der Waals surface area contributed by atoms with Gasteiger partial charge in [-0.15, -0.1) is 11.3 Å². The number of anilines is 1. The number of benzene rings is 3. The third-order valence-corrected chi connectivity index (χ3v) is 8.68. The molecule has 0 aliphatic carbocycles. The van der Waals surface area contributed by atoms with Crippen LogP contribution in [-0.4, -0.2) is 45.7 Å². The molecule has 1 aliphatic rings. The molecule has 1 N–H and O–H groups in total. The second kappa shape index (κ2) is 14.2. The first-order valence-electron chi connectivity index (χ1n) is 14.4. The molecule has 0 saturated heterocycles. The van der Waals surface area contributed by atoms with E-state index in [4.69, 9.17) is 14.2 Å². The van der Waals surface area contributed by atoms with Crippen LogP contribution >= 0.6 is 11.3 Å². The Labute approximate surface area is 256 Å². The summed E-state index contributed by atoms with van der Waals surface area (Å²) in [6.45, 7) is 3.60. The average Bonchev–Trinajstić information content (AvgIpc) is 3.50. The Hall–Kier alpha value is -4.40. The van der Waals surface area contributed by atoms with E-state index in [0.29, 0.717) is 37.2 Å². The van der Waals surface area contributed by atoms with Crippen LogP contribution in [0.3, 0.4) is 0 Å². The van der Waals surface area contributed by atoms with E-state index in [1.165, 1.54) is 0 Å². The van der Waals surface area contributed by atoms with Gasteiger partial charge in [0.05, 0.1) is 37.9 Å². The van der Waals surface area contributed by atoms with Crippen LogP contribution in [0.4, 0.5) is 5.00 Å². The molecule has 7 nitrogen and oxygen atoms in total. The maximum Gasteiger partial charge on any atom is 0.336 e. The smallest absolute Gasteiger partial charge is 0.336 e. The van der Waals surface area contributed by atoms with E-state index >= 15 is 0 Å². The van der Waals surface area contributed by atoms with Crippen LogP contribution < -0.4 is 19.7 Å². The van der Waals surface area contributed by atoms with Crippen molar-refractivity contribution < 1.29 is 23.8 Å². The molecule has 0 amide bonds. The number of methoxy groups -OCH3 is 2. The number of rotatable bonds is 13. The molecular weight excluding hydrogens is 560 g/mol. The topological polar surface area (TPSA) is 77.1 Å². The Morgan fingerprint density at radius 3 is 2.40 bits per heavy atom. The maximum absolute atomic E-state index is 13.4. The molecule has 1 unspecified atom stereocenters. The fourth-order valence-electron chi connectivity index (χ4n) is 5.23. The Balaban J connectivity index is 1.47. The Kier molecular flexibility index (Phi) is 9.92. The van der Waals surface area contributed by atoms with Crippen LogP contribution in [0.5, 0.6) is 11.5 Å². The second-order valence-electron chi connectivity index (χ2n) is 10.1. The first kappa shape index (κ1) is 30.1. The fourth-order valence-corrected chi connectivity index (χ4v) is 6.43. The quantitative estimate of drug-likeness (QED) is 0.103. The summed E-state index contributed by atoms with van der Waals surface area (Å²) in [5.41, 5.74) is 4.38. The molecule has 5 rings (SSSR count). The number of ketones is 1. The molecule has 1 aliphatic heterocycles. The molecule has 2 heterocycles. The summed E-state index contributed by atoms with van der Waals surface area (Å²) in [6, 6.07) is 27.4. The van der Waals surface area contributed by atoms with Gasteiger partial charge in [-0.1, -0.05) is 48.5 Å². The van der Waals surface area contributed by atoms with E-state index in [0.717, 1.165) is 38.1 Å². The number of carbonyl (C=O) groups excluding carboxylic acids is 2. The van der Waals surface area contributed by atoms with Crippen molar-refractivity contribution in [1.29, 1.82) is 0 Å². The lowest BCUT2D eigenvalue weighted by molar-refractivity contribution is -0.138. The van der Waals surface area contributed by atoms with Gasteiger partial charge in [-0.05, 0) is 54.4 Å². The molecule has 1 atom stereocenters. The highest BCUT2D eigenvalue weighted by molar-refractivity contribution is 7.19. The Bertz CT molecular complexity index is 1580. The molecule has 0 spiro atoms. The summed E-state index contributed by atoms with van der Waals surface area (Å²) >= 11 is 1.68. The molecule has 0 radical (unpaired) electrons. The number of ether oxygens (including phenoxy) is 3. The predicted molar refractivity (Wildman–Crippen MR) is 171 cm³/mol. The van der Waals surface area contributed by atoms with Crippen LogP contribution in [-0.2, 0) is 16.1 Å². The van der Waals surface area contributed by atoms with Gasteiger partial charge in [0.2, 0.25) is 0 Å². The second-order valence-corrected chi connectivity index (χ2v) is 11.2.